The summed E-state index contributed by atoms with van der Waals surface area (Å²) >= 11 is 4.96. The molecule has 1 aromatic rings. The number of hydrogen-bond acceptors (Lipinski definition) is 4. The summed E-state index contributed by atoms with van der Waals surface area (Å²) in [6.45, 7) is 4.09. The van der Waals surface area contributed by atoms with Gasteiger partial charge in [0.2, 0.25) is 0 Å². The Balaban J connectivity index is 2.09. The smallest absolute Gasteiger partial charge is 0.338 e. The molecule has 1 aliphatic rings. The minimum atomic E-state index is -0.483. The highest BCUT2D eigenvalue weighted by Gasteiger charge is 2.60. The van der Waals surface area contributed by atoms with E-state index in [2.05, 4.69) is 15.9 Å². The van der Waals surface area contributed by atoms with Gasteiger partial charge in [-0.2, -0.15) is 0 Å². The molecule has 0 saturated carbocycles. The van der Waals surface area contributed by atoms with Gasteiger partial charge in [0.25, 0.3) is 0 Å². The molecule has 82 valence electrons. The van der Waals surface area contributed by atoms with Crippen molar-refractivity contribution >= 4 is 33.2 Å². The third-order valence-electron chi connectivity index (χ3n) is 2.36. The average Bonchev–Trinajstić information content (AvgIpc) is 2.67. The molecule has 1 aliphatic heterocycles. The van der Waals surface area contributed by atoms with Crippen molar-refractivity contribution in [3.63, 3.8) is 0 Å². The van der Waals surface area contributed by atoms with Crippen molar-refractivity contribution in [1.82, 2.24) is 0 Å². The van der Waals surface area contributed by atoms with Crippen molar-refractivity contribution in [3.05, 3.63) is 20.8 Å². The van der Waals surface area contributed by atoms with Gasteiger partial charge in [0, 0.05) is 14.7 Å². The lowest BCUT2D eigenvalue weighted by atomic mass is 10.1. The lowest BCUT2D eigenvalue weighted by molar-refractivity contribution is -0.144. The fourth-order valence-corrected chi connectivity index (χ4v) is 3.01. The molecule has 2 atom stereocenters. The molecule has 2 heterocycles. The van der Waals surface area contributed by atoms with Crippen LogP contribution in [0.3, 0.4) is 0 Å². The first-order chi connectivity index (χ1) is 7.08. The van der Waals surface area contributed by atoms with E-state index in [0.29, 0.717) is 6.61 Å². The van der Waals surface area contributed by atoms with Gasteiger partial charge in [-0.1, -0.05) is 0 Å². The predicted molar refractivity (Wildman–Crippen MR) is 60.9 cm³/mol. The highest BCUT2D eigenvalue weighted by atomic mass is 79.9. The van der Waals surface area contributed by atoms with Gasteiger partial charge in [0.15, 0.2) is 6.10 Å². The Bertz CT molecular complexity index is 390. The predicted octanol–water partition coefficient (Wildman–Crippen LogP) is 2.69. The molecule has 2 unspecified atom stereocenters. The maximum Gasteiger partial charge on any atom is 0.338 e. The van der Waals surface area contributed by atoms with Gasteiger partial charge in [-0.15, -0.1) is 11.3 Å². The van der Waals surface area contributed by atoms with Crippen LogP contribution in [0.1, 0.15) is 18.7 Å². The lowest BCUT2D eigenvalue weighted by Crippen LogP contribution is -2.18. The molecular formula is C10H11BrO3S. The number of epoxide rings is 1. The number of carbonyl (C=O) groups excluding carboxylic acids is 1. The van der Waals surface area contributed by atoms with E-state index in [1.807, 2.05) is 18.4 Å². The Labute approximate surface area is 101 Å². The molecule has 0 spiro atoms. The van der Waals surface area contributed by atoms with Crippen LogP contribution in [0.5, 0.6) is 0 Å². The first kappa shape index (κ1) is 11.1. The summed E-state index contributed by atoms with van der Waals surface area (Å²) < 4.78 is 11.4. The molecule has 0 amide bonds. The van der Waals surface area contributed by atoms with E-state index in [1.54, 1.807) is 18.3 Å². The number of thiophene rings is 1. The number of hydrogen-bond donors (Lipinski definition) is 0. The summed E-state index contributed by atoms with van der Waals surface area (Å²) in [5, 5.41) is 1.98. The standard InChI is InChI=1S/C10H11BrO3S/c1-3-13-9(12)8-10(2,14-8)7-4-6(11)5-15-7/h4-5,8H,3H2,1-2H3. The maximum atomic E-state index is 11.4. The molecule has 0 N–H and O–H groups in total. The van der Waals surface area contributed by atoms with Crippen LogP contribution in [-0.4, -0.2) is 18.7 Å². The summed E-state index contributed by atoms with van der Waals surface area (Å²) in [5.41, 5.74) is -0.483. The normalized spacial score (nSPS) is 28.9. The van der Waals surface area contributed by atoms with Gasteiger partial charge in [-0.25, -0.2) is 4.79 Å². The van der Waals surface area contributed by atoms with Crippen molar-refractivity contribution < 1.29 is 14.3 Å². The Hall–Kier alpha value is -0.390. The zero-order valence-corrected chi connectivity index (χ0v) is 10.9. The third-order valence-corrected chi connectivity index (χ3v) is 4.27. The fourth-order valence-electron chi connectivity index (χ4n) is 1.46. The van der Waals surface area contributed by atoms with E-state index in [0.717, 1.165) is 9.35 Å². The van der Waals surface area contributed by atoms with Crippen LogP contribution in [-0.2, 0) is 19.9 Å². The van der Waals surface area contributed by atoms with Gasteiger partial charge in [0.05, 0.1) is 6.61 Å². The summed E-state index contributed by atoms with van der Waals surface area (Å²) in [5.74, 6) is -0.274. The van der Waals surface area contributed by atoms with Crippen LogP contribution in [0.4, 0.5) is 0 Å². The number of halogens is 1. The van der Waals surface area contributed by atoms with Crippen molar-refractivity contribution in [2.75, 3.05) is 6.61 Å². The second kappa shape index (κ2) is 3.88. The van der Waals surface area contributed by atoms with E-state index in [-0.39, 0.29) is 5.97 Å². The van der Waals surface area contributed by atoms with Crippen molar-refractivity contribution in [2.45, 2.75) is 25.6 Å². The van der Waals surface area contributed by atoms with Crippen LogP contribution < -0.4 is 0 Å². The van der Waals surface area contributed by atoms with Gasteiger partial charge >= 0.3 is 5.97 Å². The molecule has 1 fully saturated rings. The SMILES string of the molecule is CCOC(=O)C1OC1(C)c1cc(Br)cs1. The highest BCUT2D eigenvalue weighted by molar-refractivity contribution is 9.10. The molecule has 3 nitrogen and oxygen atoms in total. The van der Waals surface area contributed by atoms with Gasteiger partial charge in [-0.3, -0.25) is 0 Å². The van der Waals surface area contributed by atoms with Crippen LogP contribution in [0.2, 0.25) is 0 Å². The fraction of sp³-hybridized carbons (Fsp3) is 0.500. The highest BCUT2D eigenvalue weighted by Crippen LogP contribution is 2.49. The zero-order chi connectivity index (χ0) is 11.1. The third kappa shape index (κ3) is 1.96. The molecule has 5 heteroatoms. The zero-order valence-electron chi connectivity index (χ0n) is 8.45. The van der Waals surface area contributed by atoms with Crippen LogP contribution in [0.25, 0.3) is 0 Å². The summed E-state index contributed by atoms with van der Waals surface area (Å²) in [4.78, 5) is 12.5. The molecule has 1 aromatic heterocycles. The number of esters is 1. The van der Waals surface area contributed by atoms with E-state index >= 15 is 0 Å². The summed E-state index contributed by atoms with van der Waals surface area (Å²) in [6, 6.07) is 1.98. The lowest BCUT2D eigenvalue weighted by Gasteiger charge is -2.02. The topological polar surface area (TPSA) is 38.8 Å². The Kier molecular flexibility index (Phi) is 2.87. The van der Waals surface area contributed by atoms with Gasteiger partial charge < -0.3 is 9.47 Å². The number of carbonyl (C=O) groups is 1. The monoisotopic (exact) mass is 290 g/mol. The van der Waals surface area contributed by atoms with E-state index in [1.165, 1.54) is 0 Å². The van der Waals surface area contributed by atoms with Crippen molar-refractivity contribution in [1.29, 1.82) is 0 Å². The van der Waals surface area contributed by atoms with Crippen molar-refractivity contribution in [3.8, 4) is 0 Å². The quantitative estimate of drug-likeness (QED) is 0.635. The van der Waals surface area contributed by atoms with Crippen LogP contribution >= 0.6 is 27.3 Å². The molecule has 0 aliphatic carbocycles. The minimum Gasteiger partial charge on any atom is -0.464 e. The second-order valence-corrected chi connectivity index (χ2v) is 5.31. The second-order valence-electron chi connectivity index (χ2n) is 3.49. The van der Waals surface area contributed by atoms with Crippen LogP contribution in [0, 0.1) is 0 Å². The maximum absolute atomic E-state index is 11.4. The van der Waals surface area contributed by atoms with Gasteiger partial charge in [-0.05, 0) is 35.8 Å². The largest absolute Gasteiger partial charge is 0.464 e. The van der Waals surface area contributed by atoms with Gasteiger partial charge in [0.1, 0.15) is 5.60 Å². The Morgan fingerprint density at radius 1 is 1.80 bits per heavy atom. The first-order valence-corrected chi connectivity index (χ1v) is 6.34. The molecule has 0 aromatic carbocycles. The van der Waals surface area contributed by atoms with Crippen LogP contribution in [0.15, 0.2) is 15.9 Å². The van der Waals surface area contributed by atoms with E-state index in [4.69, 9.17) is 9.47 Å². The molecule has 0 bridgehead atoms. The van der Waals surface area contributed by atoms with E-state index in [9.17, 15) is 4.79 Å². The molecular weight excluding hydrogens is 280 g/mol. The molecule has 15 heavy (non-hydrogen) atoms. The summed E-state index contributed by atoms with van der Waals surface area (Å²) in [7, 11) is 0. The first-order valence-electron chi connectivity index (χ1n) is 4.67. The van der Waals surface area contributed by atoms with Crippen molar-refractivity contribution in [2.24, 2.45) is 0 Å². The number of ether oxygens (including phenoxy) is 2. The van der Waals surface area contributed by atoms with E-state index < -0.39 is 11.7 Å². The Morgan fingerprint density at radius 3 is 3.07 bits per heavy atom. The summed E-state index contributed by atoms with van der Waals surface area (Å²) in [6.07, 6.45) is -0.442. The molecule has 0 radical (unpaired) electrons. The average molecular weight is 291 g/mol. The Morgan fingerprint density at radius 2 is 2.53 bits per heavy atom. The minimum absolute atomic E-state index is 0.274. The molecule has 1 saturated heterocycles. The number of rotatable bonds is 3. The molecule has 2 rings (SSSR count).